The summed E-state index contributed by atoms with van der Waals surface area (Å²) >= 11 is 0. The van der Waals surface area contributed by atoms with Gasteiger partial charge in [-0.1, -0.05) is 35.5 Å². The van der Waals surface area contributed by atoms with Crippen molar-refractivity contribution < 1.29 is 9.26 Å². The molecule has 0 amide bonds. The summed E-state index contributed by atoms with van der Waals surface area (Å²) < 4.78 is 10.6. The third-order valence-electron chi connectivity index (χ3n) is 3.38. The molecule has 1 aliphatic heterocycles. The molecule has 0 unspecified atom stereocenters. The monoisotopic (exact) mass is 274 g/mol. The molecular weight excluding hydrogens is 256 g/mol. The SMILES string of the molecule is N[C@@H](c1ccccc1)c1noc(CN2CCOCC2)n1. The van der Waals surface area contributed by atoms with Crippen molar-refractivity contribution in [1.82, 2.24) is 15.0 Å². The number of nitrogens with zero attached hydrogens (tertiary/aromatic N) is 3. The molecule has 0 bridgehead atoms. The third kappa shape index (κ3) is 3.04. The lowest BCUT2D eigenvalue weighted by atomic mass is 10.1. The van der Waals surface area contributed by atoms with Crippen LogP contribution in [0.2, 0.25) is 0 Å². The van der Waals surface area contributed by atoms with Gasteiger partial charge in [-0.25, -0.2) is 0 Å². The van der Waals surface area contributed by atoms with Gasteiger partial charge in [0.05, 0.1) is 25.8 Å². The molecule has 1 aromatic carbocycles. The highest BCUT2D eigenvalue weighted by atomic mass is 16.5. The first kappa shape index (κ1) is 13.2. The third-order valence-corrected chi connectivity index (χ3v) is 3.38. The minimum Gasteiger partial charge on any atom is -0.379 e. The zero-order chi connectivity index (χ0) is 13.8. The zero-order valence-electron chi connectivity index (χ0n) is 11.2. The van der Waals surface area contributed by atoms with Crippen molar-refractivity contribution in [2.45, 2.75) is 12.6 Å². The molecule has 6 nitrogen and oxygen atoms in total. The van der Waals surface area contributed by atoms with Gasteiger partial charge in [-0.05, 0) is 5.56 Å². The van der Waals surface area contributed by atoms with E-state index in [0.717, 1.165) is 31.9 Å². The molecule has 0 spiro atoms. The highest BCUT2D eigenvalue weighted by Gasteiger charge is 2.18. The minimum atomic E-state index is -0.349. The van der Waals surface area contributed by atoms with Crippen LogP contribution in [-0.2, 0) is 11.3 Å². The van der Waals surface area contributed by atoms with E-state index >= 15 is 0 Å². The molecule has 1 saturated heterocycles. The number of aromatic nitrogens is 2. The second kappa shape index (κ2) is 6.13. The molecule has 6 heteroatoms. The summed E-state index contributed by atoms with van der Waals surface area (Å²) in [6, 6.07) is 9.42. The first-order valence-corrected chi connectivity index (χ1v) is 6.76. The summed E-state index contributed by atoms with van der Waals surface area (Å²) in [6.07, 6.45) is 0. The number of hydrogen-bond acceptors (Lipinski definition) is 6. The van der Waals surface area contributed by atoms with E-state index in [4.69, 9.17) is 15.0 Å². The molecule has 1 aliphatic rings. The number of hydrogen-bond donors (Lipinski definition) is 1. The summed E-state index contributed by atoms with van der Waals surface area (Å²) in [5.74, 6) is 1.13. The second-order valence-corrected chi connectivity index (χ2v) is 4.82. The topological polar surface area (TPSA) is 77.4 Å². The predicted molar refractivity (Wildman–Crippen MR) is 72.9 cm³/mol. The van der Waals surface area contributed by atoms with E-state index in [2.05, 4.69) is 15.0 Å². The summed E-state index contributed by atoms with van der Waals surface area (Å²) in [7, 11) is 0. The fraction of sp³-hybridized carbons (Fsp3) is 0.429. The number of morpholine rings is 1. The molecule has 2 heterocycles. The molecule has 0 aliphatic carbocycles. The smallest absolute Gasteiger partial charge is 0.240 e. The maximum Gasteiger partial charge on any atom is 0.240 e. The van der Waals surface area contributed by atoms with Gasteiger partial charge < -0.3 is 15.0 Å². The number of nitrogens with two attached hydrogens (primary N) is 1. The number of rotatable bonds is 4. The van der Waals surface area contributed by atoms with Crippen molar-refractivity contribution in [3.05, 3.63) is 47.6 Å². The highest BCUT2D eigenvalue weighted by molar-refractivity contribution is 5.23. The molecule has 3 rings (SSSR count). The second-order valence-electron chi connectivity index (χ2n) is 4.82. The van der Waals surface area contributed by atoms with Crippen LogP contribution in [-0.4, -0.2) is 41.3 Å². The Balaban J connectivity index is 1.67. The van der Waals surface area contributed by atoms with Gasteiger partial charge in [0, 0.05) is 13.1 Å². The quantitative estimate of drug-likeness (QED) is 0.894. The normalized spacial score (nSPS) is 18.1. The van der Waals surface area contributed by atoms with E-state index in [1.165, 1.54) is 0 Å². The van der Waals surface area contributed by atoms with Crippen molar-refractivity contribution in [2.75, 3.05) is 26.3 Å². The van der Waals surface area contributed by atoms with Crippen molar-refractivity contribution in [3.8, 4) is 0 Å². The van der Waals surface area contributed by atoms with E-state index in [9.17, 15) is 0 Å². The lowest BCUT2D eigenvalue weighted by Gasteiger charge is -2.24. The van der Waals surface area contributed by atoms with Gasteiger partial charge in [-0.2, -0.15) is 4.98 Å². The van der Waals surface area contributed by atoms with E-state index in [0.29, 0.717) is 18.3 Å². The van der Waals surface area contributed by atoms with Crippen LogP contribution in [0.4, 0.5) is 0 Å². The molecular formula is C14H18N4O2. The Hall–Kier alpha value is -1.76. The predicted octanol–water partition coefficient (Wildman–Crippen LogP) is 0.950. The molecule has 1 aromatic heterocycles. The van der Waals surface area contributed by atoms with Crippen molar-refractivity contribution in [1.29, 1.82) is 0 Å². The molecule has 2 N–H and O–H groups in total. The standard InChI is InChI=1S/C14H18N4O2/c15-13(11-4-2-1-3-5-11)14-16-12(20-17-14)10-18-6-8-19-9-7-18/h1-5,13H,6-10,15H2/t13-/m0/s1. The maximum atomic E-state index is 6.14. The van der Waals surface area contributed by atoms with E-state index in [1.54, 1.807) is 0 Å². The first-order valence-electron chi connectivity index (χ1n) is 6.76. The Labute approximate surface area is 117 Å². The molecule has 20 heavy (non-hydrogen) atoms. The van der Waals surface area contributed by atoms with Gasteiger partial charge in [-0.15, -0.1) is 0 Å². The van der Waals surface area contributed by atoms with E-state index in [-0.39, 0.29) is 6.04 Å². The van der Waals surface area contributed by atoms with Gasteiger partial charge in [0.15, 0.2) is 5.82 Å². The number of ether oxygens (including phenoxy) is 1. The lowest BCUT2D eigenvalue weighted by Crippen LogP contribution is -2.35. The Kier molecular flexibility index (Phi) is 4.05. The Morgan fingerprint density at radius 3 is 2.70 bits per heavy atom. The van der Waals surface area contributed by atoms with Crippen LogP contribution in [0.3, 0.4) is 0 Å². The van der Waals surface area contributed by atoms with Crippen LogP contribution in [0.15, 0.2) is 34.9 Å². The van der Waals surface area contributed by atoms with Crippen LogP contribution < -0.4 is 5.73 Å². The summed E-state index contributed by atoms with van der Waals surface area (Å²) in [5, 5.41) is 3.99. The lowest BCUT2D eigenvalue weighted by molar-refractivity contribution is 0.0297. The Morgan fingerprint density at radius 2 is 1.95 bits per heavy atom. The average molecular weight is 274 g/mol. The molecule has 0 saturated carbocycles. The summed E-state index contributed by atoms with van der Waals surface area (Å²) in [5.41, 5.74) is 7.12. The Bertz CT molecular complexity index is 537. The van der Waals surface area contributed by atoms with Crippen LogP contribution >= 0.6 is 0 Å². The molecule has 1 fully saturated rings. The van der Waals surface area contributed by atoms with E-state index < -0.39 is 0 Å². The van der Waals surface area contributed by atoms with Gasteiger partial charge >= 0.3 is 0 Å². The number of benzene rings is 1. The summed E-state index contributed by atoms with van der Waals surface area (Å²) in [4.78, 5) is 6.63. The van der Waals surface area contributed by atoms with Crippen LogP contribution in [0.25, 0.3) is 0 Å². The molecule has 106 valence electrons. The maximum absolute atomic E-state index is 6.14. The largest absolute Gasteiger partial charge is 0.379 e. The van der Waals surface area contributed by atoms with Gasteiger partial charge in [0.1, 0.15) is 0 Å². The van der Waals surface area contributed by atoms with Crippen molar-refractivity contribution in [2.24, 2.45) is 5.73 Å². The van der Waals surface area contributed by atoms with E-state index in [1.807, 2.05) is 30.3 Å². The van der Waals surface area contributed by atoms with Gasteiger partial charge in [-0.3, -0.25) is 4.90 Å². The van der Waals surface area contributed by atoms with Crippen LogP contribution in [0.5, 0.6) is 0 Å². The minimum absolute atomic E-state index is 0.349. The fourth-order valence-electron chi connectivity index (χ4n) is 2.22. The Morgan fingerprint density at radius 1 is 1.20 bits per heavy atom. The first-order chi connectivity index (χ1) is 9.83. The van der Waals surface area contributed by atoms with Crippen LogP contribution in [0, 0.1) is 0 Å². The van der Waals surface area contributed by atoms with Crippen LogP contribution in [0.1, 0.15) is 23.3 Å². The average Bonchev–Trinajstić information content (AvgIpc) is 2.97. The highest BCUT2D eigenvalue weighted by Crippen LogP contribution is 2.17. The zero-order valence-corrected chi connectivity index (χ0v) is 11.2. The molecule has 0 radical (unpaired) electrons. The summed E-state index contributed by atoms with van der Waals surface area (Å²) in [6.45, 7) is 3.94. The van der Waals surface area contributed by atoms with Crippen molar-refractivity contribution in [3.63, 3.8) is 0 Å². The molecule has 1 atom stereocenters. The van der Waals surface area contributed by atoms with Gasteiger partial charge in [0.2, 0.25) is 5.89 Å². The van der Waals surface area contributed by atoms with Gasteiger partial charge in [0.25, 0.3) is 0 Å². The van der Waals surface area contributed by atoms with Crippen molar-refractivity contribution >= 4 is 0 Å². The molecule has 2 aromatic rings. The fourth-order valence-corrected chi connectivity index (χ4v) is 2.22.